The van der Waals surface area contributed by atoms with E-state index in [0.29, 0.717) is 19.5 Å². The zero-order valence-electron chi connectivity index (χ0n) is 17.3. The number of nitrogens with zero attached hydrogens (tertiary/aromatic N) is 1. The van der Waals surface area contributed by atoms with Crippen molar-refractivity contribution in [1.82, 2.24) is 15.5 Å². The maximum atomic E-state index is 13.5. The molecule has 3 rings (SSSR count). The summed E-state index contributed by atoms with van der Waals surface area (Å²) in [7, 11) is 0. The van der Waals surface area contributed by atoms with Crippen LogP contribution in [-0.4, -0.2) is 76.0 Å². The lowest BCUT2D eigenvalue weighted by atomic mass is 9.70. The summed E-state index contributed by atoms with van der Waals surface area (Å²) >= 11 is 3.62. The summed E-state index contributed by atoms with van der Waals surface area (Å²) in [6, 6.07) is -1.40. The number of aliphatic hydroxyl groups is 1. The highest BCUT2D eigenvalue weighted by Crippen LogP contribution is 2.60. The normalized spacial score (nSPS) is 36.2. The Morgan fingerprint density at radius 1 is 1.28 bits per heavy atom. The predicted molar refractivity (Wildman–Crippen MR) is 110 cm³/mol. The molecule has 3 fully saturated rings. The number of unbranched alkanes of at least 4 members (excludes halogenated alkanes) is 1. The maximum absolute atomic E-state index is 13.5. The Kier molecular flexibility index (Phi) is 6.90. The first-order valence-corrected chi connectivity index (χ1v) is 11.6. The Bertz CT molecular complexity index is 662. The van der Waals surface area contributed by atoms with Gasteiger partial charge >= 0.3 is 0 Å². The number of likely N-dealkylation sites (tertiary alicyclic amines) is 1. The van der Waals surface area contributed by atoms with E-state index in [4.69, 9.17) is 4.74 Å². The van der Waals surface area contributed by atoms with Gasteiger partial charge in [0, 0.05) is 17.9 Å². The number of ether oxygens (including phenoxy) is 1. The van der Waals surface area contributed by atoms with E-state index in [1.807, 2.05) is 13.8 Å². The summed E-state index contributed by atoms with van der Waals surface area (Å²) in [5.41, 5.74) is -1.05. The van der Waals surface area contributed by atoms with Crippen LogP contribution < -0.4 is 10.6 Å². The molecule has 3 aliphatic rings. The van der Waals surface area contributed by atoms with E-state index in [1.165, 1.54) is 4.90 Å². The lowest BCUT2D eigenvalue weighted by molar-refractivity contribution is -0.145. The minimum atomic E-state index is -1.05. The number of aliphatic hydroxyl groups excluding tert-OH is 1. The van der Waals surface area contributed by atoms with Crippen molar-refractivity contribution in [2.45, 2.75) is 75.1 Å². The molecule has 3 heterocycles. The highest BCUT2D eigenvalue weighted by atomic mass is 79.9. The second-order valence-corrected chi connectivity index (χ2v) is 9.55. The Labute approximate surface area is 180 Å². The van der Waals surface area contributed by atoms with Crippen molar-refractivity contribution in [3.8, 4) is 0 Å². The Hall–Kier alpha value is -1.19. The number of halogens is 1. The standard InChI is InChI=1S/C20H32BrN3O5/c1-4-6-8-23-18(27)16-20-9-12(21)15(29-20)13(17(26)22-7-5-2)14(20)19(28)24(16)11(3)10-25/h11-16,25H,4-10H2,1-3H3,(H,22,26)(H,23,27)/t11-,12?,13+,14+,15+,16?,20?/m1/s1. The fraction of sp³-hybridized carbons (Fsp3) is 0.850. The summed E-state index contributed by atoms with van der Waals surface area (Å²) in [5, 5.41) is 15.6. The van der Waals surface area contributed by atoms with Gasteiger partial charge in [-0.05, 0) is 26.2 Å². The first-order chi connectivity index (χ1) is 13.8. The minimum absolute atomic E-state index is 0.112. The van der Waals surface area contributed by atoms with E-state index >= 15 is 0 Å². The van der Waals surface area contributed by atoms with Crippen molar-refractivity contribution in [2.75, 3.05) is 19.7 Å². The van der Waals surface area contributed by atoms with Crippen LogP contribution in [0.5, 0.6) is 0 Å². The molecule has 0 aliphatic carbocycles. The van der Waals surface area contributed by atoms with Gasteiger partial charge < -0.3 is 25.4 Å². The summed E-state index contributed by atoms with van der Waals surface area (Å²) < 4.78 is 6.33. The van der Waals surface area contributed by atoms with E-state index in [-0.39, 0.29) is 29.2 Å². The quantitative estimate of drug-likeness (QED) is 0.334. The van der Waals surface area contributed by atoms with Gasteiger partial charge in [0.25, 0.3) is 0 Å². The van der Waals surface area contributed by atoms with Gasteiger partial charge in [-0.1, -0.05) is 36.2 Å². The van der Waals surface area contributed by atoms with Gasteiger partial charge in [0.1, 0.15) is 11.6 Å². The van der Waals surface area contributed by atoms with Gasteiger partial charge in [0.05, 0.1) is 30.6 Å². The van der Waals surface area contributed by atoms with E-state index in [2.05, 4.69) is 26.6 Å². The molecule has 9 heteroatoms. The van der Waals surface area contributed by atoms with Gasteiger partial charge in [-0.2, -0.15) is 0 Å². The molecule has 3 unspecified atom stereocenters. The molecule has 3 amide bonds. The number of hydrogen-bond donors (Lipinski definition) is 3. The van der Waals surface area contributed by atoms with Crippen molar-refractivity contribution in [2.24, 2.45) is 11.8 Å². The molecule has 7 atom stereocenters. The van der Waals surface area contributed by atoms with Crippen LogP contribution in [0, 0.1) is 11.8 Å². The van der Waals surface area contributed by atoms with E-state index in [9.17, 15) is 19.5 Å². The Balaban J connectivity index is 1.97. The van der Waals surface area contributed by atoms with Crippen LogP contribution in [0.15, 0.2) is 0 Å². The molecule has 0 aromatic rings. The average molecular weight is 474 g/mol. The molecule has 3 saturated heterocycles. The van der Waals surface area contributed by atoms with Crippen LogP contribution in [0.2, 0.25) is 0 Å². The van der Waals surface area contributed by atoms with Gasteiger partial charge in [-0.25, -0.2) is 0 Å². The Morgan fingerprint density at radius 2 is 1.97 bits per heavy atom. The first kappa shape index (κ1) is 22.5. The fourth-order valence-electron chi connectivity index (χ4n) is 5.08. The average Bonchev–Trinajstić information content (AvgIpc) is 3.29. The number of rotatable bonds is 9. The van der Waals surface area contributed by atoms with Crippen LogP contribution in [0.4, 0.5) is 0 Å². The van der Waals surface area contributed by atoms with Crippen molar-refractivity contribution < 1.29 is 24.2 Å². The van der Waals surface area contributed by atoms with E-state index in [0.717, 1.165) is 19.3 Å². The van der Waals surface area contributed by atoms with Crippen molar-refractivity contribution in [1.29, 1.82) is 0 Å². The lowest BCUT2D eigenvalue weighted by Gasteiger charge is -2.35. The molecular formula is C20H32BrN3O5. The molecule has 0 aromatic carbocycles. The van der Waals surface area contributed by atoms with Crippen LogP contribution >= 0.6 is 15.9 Å². The lowest BCUT2D eigenvalue weighted by Crippen LogP contribution is -2.57. The molecule has 3 aliphatic heterocycles. The second kappa shape index (κ2) is 8.89. The first-order valence-electron chi connectivity index (χ1n) is 10.6. The third-order valence-corrected chi connectivity index (χ3v) is 7.24. The molecule has 1 spiro atoms. The van der Waals surface area contributed by atoms with Gasteiger partial charge in [-0.3, -0.25) is 14.4 Å². The molecule has 164 valence electrons. The molecule has 3 N–H and O–H groups in total. The van der Waals surface area contributed by atoms with E-state index < -0.39 is 35.6 Å². The summed E-state index contributed by atoms with van der Waals surface area (Å²) in [5.74, 6) is -2.11. The smallest absolute Gasteiger partial charge is 0.245 e. The van der Waals surface area contributed by atoms with Gasteiger partial charge in [0.15, 0.2) is 0 Å². The van der Waals surface area contributed by atoms with Gasteiger partial charge in [-0.15, -0.1) is 0 Å². The number of amides is 3. The molecule has 8 nitrogen and oxygen atoms in total. The summed E-state index contributed by atoms with van der Waals surface area (Å²) in [6.45, 7) is 6.50. The molecular weight excluding hydrogens is 442 g/mol. The number of nitrogens with one attached hydrogen (secondary N) is 2. The summed E-state index contributed by atoms with van der Waals surface area (Å²) in [6.07, 6.45) is 2.60. The monoisotopic (exact) mass is 473 g/mol. The van der Waals surface area contributed by atoms with Crippen molar-refractivity contribution in [3.63, 3.8) is 0 Å². The molecule has 2 bridgehead atoms. The second-order valence-electron chi connectivity index (χ2n) is 8.38. The third-order valence-electron chi connectivity index (χ3n) is 6.40. The largest absolute Gasteiger partial charge is 0.394 e. The Morgan fingerprint density at radius 3 is 2.59 bits per heavy atom. The maximum Gasteiger partial charge on any atom is 0.245 e. The number of alkyl halides is 1. The number of hydrogen-bond acceptors (Lipinski definition) is 5. The molecule has 0 saturated carbocycles. The highest BCUT2D eigenvalue weighted by molar-refractivity contribution is 9.09. The van der Waals surface area contributed by atoms with E-state index in [1.54, 1.807) is 6.92 Å². The zero-order valence-corrected chi connectivity index (χ0v) is 18.9. The SMILES string of the molecule is CCCCNC(=O)C1N([C@H](C)CO)C(=O)[C@@H]2[C@H](C(=O)NCCC)[C@H]3OC12CC3Br. The molecule has 0 aromatic heterocycles. The van der Waals surface area contributed by atoms with Crippen molar-refractivity contribution in [3.05, 3.63) is 0 Å². The molecule has 0 radical (unpaired) electrons. The topological polar surface area (TPSA) is 108 Å². The number of carbonyl (C=O) groups excluding carboxylic acids is 3. The third kappa shape index (κ3) is 3.59. The number of fused-ring (bicyclic) bond motifs is 1. The van der Waals surface area contributed by atoms with Gasteiger partial charge in [0.2, 0.25) is 17.7 Å². The predicted octanol–water partition coefficient (Wildman–Crippen LogP) is 0.558. The van der Waals surface area contributed by atoms with Crippen LogP contribution in [0.1, 0.15) is 46.5 Å². The highest BCUT2D eigenvalue weighted by Gasteiger charge is 2.76. The zero-order chi connectivity index (χ0) is 21.3. The fourth-order valence-corrected chi connectivity index (χ4v) is 6.02. The van der Waals surface area contributed by atoms with Crippen LogP contribution in [0.25, 0.3) is 0 Å². The minimum Gasteiger partial charge on any atom is -0.394 e. The van der Waals surface area contributed by atoms with Crippen LogP contribution in [0.3, 0.4) is 0 Å². The molecule has 29 heavy (non-hydrogen) atoms. The van der Waals surface area contributed by atoms with Crippen LogP contribution in [-0.2, 0) is 19.1 Å². The summed E-state index contributed by atoms with van der Waals surface area (Å²) in [4.78, 5) is 40.9. The number of carbonyl (C=O) groups is 3. The van der Waals surface area contributed by atoms with Crippen molar-refractivity contribution >= 4 is 33.7 Å².